The van der Waals surface area contributed by atoms with E-state index < -0.39 is 17.4 Å². The van der Waals surface area contributed by atoms with Gasteiger partial charge in [-0.25, -0.2) is 9.59 Å². The fraction of sp³-hybridized carbons (Fsp3) is 0.500. The number of aliphatic carboxylic acids is 1. The highest BCUT2D eigenvalue weighted by Crippen LogP contribution is 2.48. The van der Waals surface area contributed by atoms with E-state index in [-0.39, 0.29) is 24.1 Å². The van der Waals surface area contributed by atoms with Crippen LogP contribution >= 0.6 is 0 Å². The van der Waals surface area contributed by atoms with Crippen molar-refractivity contribution < 1.29 is 24.2 Å². The molecule has 1 saturated heterocycles. The van der Waals surface area contributed by atoms with Crippen LogP contribution in [0.25, 0.3) is 0 Å². The number of nitrogens with one attached hydrogen (secondary N) is 1. The van der Waals surface area contributed by atoms with Crippen LogP contribution in [0.15, 0.2) is 18.2 Å². The Bertz CT molecular complexity index is 732. The maximum absolute atomic E-state index is 12.6. The minimum absolute atomic E-state index is 0.00570. The van der Waals surface area contributed by atoms with Gasteiger partial charge in [0, 0.05) is 13.1 Å². The maximum atomic E-state index is 12.6. The van der Waals surface area contributed by atoms with Gasteiger partial charge >= 0.3 is 18.0 Å². The summed E-state index contributed by atoms with van der Waals surface area (Å²) in [5, 5.41) is 12.4. The van der Waals surface area contributed by atoms with Crippen LogP contribution in [0.4, 0.5) is 10.5 Å². The number of anilines is 1. The lowest BCUT2D eigenvalue weighted by Gasteiger charge is -2.23. The van der Waals surface area contributed by atoms with E-state index in [1.54, 1.807) is 23.1 Å². The number of carbonyl (C=O) groups is 3. The lowest BCUT2D eigenvalue weighted by Crippen LogP contribution is -2.38. The SMILES string of the molecule is COC(=O)c1cc(C)ccc1NC(=O)N1C[C@@H]2CCC[C@@]2(C(=O)O)C1. The van der Waals surface area contributed by atoms with E-state index in [0.29, 0.717) is 18.7 Å². The molecule has 2 fully saturated rings. The van der Waals surface area contributed by atoms with Crippen LogP contribution in [0.1, 0.15) is 35.2 Å². The van der Waals surface area contributed by atoms with E-state index in [4.69, 9.17) is 4.74 Å². The van der Waals surface area contributed by atoms with Crippen molar-refractivity contribution in [2.75, 3.05) is 25.5 Å². The van der Waals surface area contributed by atoms with Crippen LogP contribution in [0, 0.1) is 18.3 Å². The van der Waals surface area contributed by atoms with Crippen molar-refractivity contribution in [1.82, 2.24) is 4.90 Å². The monoisotopic (exact) mass is 346 g/mol. The number of hydrogen-bond donors (Lipinski definition) is 2. The van der Waals surface area contributed by atoms with Crippen molar-refractivity contribution in [2.24, 2.45) is 11.3 Å². The van der Waals surface area contributed by atoms with Gasteiger partial charge < -0.3 is 20.1 Å². The molecule has 0 spiro atoms. The molecule has 0 radical (unpaired) electrons. The predicted octanol–water partition coefficient (Wildman–Crippen LogP) is 2.50. The van der Waals surface area contributed by atoms with Crippen LogP contribution in [0.2, 0.25) is 0 Å². The number of hydrogen-bond acceptors (Lipinski definition) is 4. The van der Waals surface area contributed by atoms with Gasteiger partial charge in [-0.05, 0) is 37.8 Å². The zero-order chi connectivity index (χ0) is 18.2. The molecule has 0 aromatic heterocycles. The molecule has 25 heavy (non-hydrogen) atoms. The van der Waals surface area contributed by atoms with Crippen LogP contribution in [0.5, 0.6) is 0 Å². The second kappa shape index (κ2) is 6.38. The predicted molar refractivity (Wildman–Crippen MR) is 90.5 cm³/mol. The minimum Gasteiger partial charge on any atom is -0.481 e. The zero-order valence-corrected chi connectivity index (χ0v) is 14.4. The van der Waals surface area contributed by atoms with Crippen molar-refractivity contribution in [3.8, 4) is 0 Å². The van der Waals surface area contributed by atoms with Gasteiger partial charge in [0.1, 0.15) is 0 Å². The minimum atomic E-state index is -0.824. The number of ether oxygens (including phenoxy) is 1. The smallest absolute Gasteiger partial charge is 0.339 e. The standard InChI is InChI=1S/C18H22N2O5/c1-11-5-6-14(13(8-11)15(21)25-2)19-17(24)20-9-12-4-3-7-18(12,10-20)16(22)23/h5-6,8,12H,3-4,7,9-10H2,1-2H3,(H,19,24)(H,22,23)/t12-,18+/m0/s1. The highest BCUT2D eigenvalue weighted by atomic mass is 16.5. The third-order valence-corrected chi connectivity index (χ3v) is 5.41. The summed E-state index contributed by atoms with van der Waals surface area (Å²) in [4.78, 5) is 37.8. The number of amides is 2. The third kappa shape index (κ3) is 2.94. The van der Waals surface area contributed by atoms with Gasteiger partial charge in [0.2, 0.25) is 0 Å². The number of esters is 1. The fourth-order valence-electron chi connectivity index (χ4n) is 4.03. The summed E-state index contributed by atoms with van der Waals surface area (Å²) < 4.78 is 4.77. The molecule has 1 aliphatic carbocycles. The van der Waals surface area contributed by atoms with Gasteiger partial charge in [0.25, 0.3) is 0 Å². The molecule has 1 aliphatic heterocycles. The normalized spacial score (nSPS) is 24.7. The molecule has 3 rings (SSSR count). The zero-order valence-electron chi connectivity index (χ0n) is 14.4. The number of nitrogens with zero attached hydrogens (tertiary/aromatic N) is 1. The van der Waals surface area contributed by atoms with Crippen LogP contribution in [0.3, 0.4) is 0 Å². The number of methoxy groups -OCH3 is 1. The molecule has 2 N–H and O–H groups in total. The summed E-state index contributed by atoms with van der Waals surface area (Å²) in [6.07, 6.45) is 2.32. The van der Waals surface area contributed by atoms with Gasteiger partial charge in [0.05, 0.1) is 23.8 Å². The summed E-state index contributed by atoms with van der Waals surface area (Å²) in [6, 6.07) is 4.71. The van der Waals surface area contributed by atoms with Crippen molar-refractivity contribution in [3.05, 3.63) is 29.3 Å². The Morgan fingerprint density at radius 2 is 2.12 bits per heavy atom. The van der Waals surface area contributed by atoms with E-state index in [2.05, 4.69) is 5.32 Å². The number of rotatable bonds is 3. The molecule has 2 aliphatic rings. The number of likely N-dealkylation sites (tertiary alicyclic amines) is 1. The van der Waals surface area contributed by atoms with Crippen molar-refractivity contribution in [3.63, 3.8) is 0 Å². The highest BCUT2D eigenvalue weighted by molar-refractivity contribution is 6.01. The molecule has 134 valence electrons. The highest BCUT2D eigenvalue weighted by Gasteiger charge is 2.55. The van der Waals surface area contributed by atoms with Gasteiger partial charge in [-0.2, -0.15) is 0 Å². The van der Waals surface area contributed by atoms with Gasteiger partial charge in [-0.1, -0.05) is 18.1 Å². The molecule has 0 unspecified atom stereocenters. The Hall–Kier alpha value is -2.57. The molecule has 7 heteroatoms. The summed E-state index contributed by atoms with van der Waals surface area (Å²) in [5.41, 5.74) is 0.696. The lowest BCUT2D eigenvalue weighted by molar-refractivity contribution is -0.149. The van der Waals surface area contributed by atoms with Crippen molar-refractivity contribution in [1.29, 1.82) is 0 Å². The molecule has 1 aromatic rings. The molecule has 2 amide bonds. The average molecular weight is 346 g/mol. The first-order valence-corrected chi connectivity index (χ1v) is 8.35. The first kappa shape index (κ1) is 17.3. The number of urea groups is 1. The van der Waals surface area contributed by atoms with E-state index in [0.717, 1.165) is 18.4 Å². The Labute approximate surface area is 146 Å². The van der Waals surface area contributed by atoms with Crippen molar-refractivity contribution >= 4 is 23.7 Å². The van der Waals surface area contributed by atoms with Crippen LogP contribution < -0.4 is 5.32 Å². The van der Waals surface area contributed by atoms with Gasteiger partial charge in [0.15, 0.2) is 0 Å². The summed E-state index contributed by atoms with van der Waals surface area (Å²) >= 11 is 0. The van der Waals surface area contributed by atoms with Crippen LogP contribution in [-0.4, -0.2) is 48.2 Å². The molecule has 0 bridgehead atoms. The van der Waals surface area contributed by atoms with Gasteiger partial charge in [-0.3, -0.25) is 4.79 Å². The van der Waals surface area contributed by atoms with Crippen LogP contribution in [-0.2, 0) is 9.53 Å². The first-order chi connectivity index (χ1) is 11.9. The largest absolute Gasteiger partial charge is 0.481 e. The molecular formula is C18H22N2O5. The quantitative estimate of drug-likeness (QED) is 0.820. The second-order valence-electron chi connectivity index (χ2n) is 6.90. The molecule has 1 saturated carbocycles. The summed E-state index contributed by atoms with van der Waals surface area (Å²) in [7, 11) is 1.29. The Kier molecular flexibility index (Phi) is 4.41. The Balaban J connectivity index is 1.78. The third-order valence-electron chi connectivity index (χ3n) is 5.41. The molecular weight excluding hydrogens is 324 g/mol. The number of carbonyl (C=O) groups excluding carboxylic acids is 2. The molecule has 2 atom stereocenters. The van der Waals surface area contributed by atoms with Gasteiger partial charge in [-0.15, -0.1) is 0 Å². The lowest BCUT2D eigenvalue weighted by atomic mass is 9.81. The first-order valence-electron chi connectivity index (χ1n) is 8.35. The second-order valence-corrected chi connectivity index (χ2v) is 6.90. The number of carboxylic acids is 1. The Morgan fingerprint density at radius 3 is 2.76 bits per heavy atom. The Morgan fingerprint density at radius 1 is 1.36 bits per heavy atom. The molecule has 1 aromatic carbocycles. The number of fused-ring (bicyclic) bond motifs is 1. The number of aryl methyl sites for hydroxylation is 1. The number of carboxylic acid groups (broad SMARTS) is 1. The topological polar surface area (TPSA) is 95.9 Å². The fourth-order valence-corrected chi connectivity index (χ4v) is 4.03. The van der Waals surface area contributed by atoms with E-state index in [9.17, 15) is 19.5 Å². The van der Waals surface area contributed by atoms with E-state index in [1.165, 1.54) is 7.11 Å². The molecule has 7 nitrogen and oxygen atoms in total. The number of benzene rings is 1. The average Bonchev–Trinajstić information content (AvgIpc) is 3.14. The van der Waals surface area contributed by atoms with E-state index in [1.807, 2.05) is 6.92 Å². The van der Waals surface area contributed by atoms with Crippen molar-refractivity contribution in [2.45, 2.75) is 26.2 Å². The summed E-state index contributed by atoms with van der Waals surface area (Å²) in [6.45, 7) is 2.48. The molecule has 1 heterocycles. The maximum Gasteiger partial charge on any atom is 0.339 e. The van der Waals surface area contributed by atoms with E-state index >= 15 is 0 Å². The summed E-state index contributed by atoms with van der Waals surface area (Å²) in [5.74, 6) is -1.36.